The van der Waals surface area contributed by atoms with Gasteiger partial charge in [-0.2, -0.15) is 8.42 Å². The van der Waals surface area contributed by atoms with Crippen molar-refractivity contribution < 1.29 is 36.5 Å². The third kappa shape index (κ3) is 14.2. The lowest BCUT2D eigenvalue weighted by molar-refractivity contribution is -0.148. The Morgan fingerprint density at radius 2 is 1.64 bits per heavy atom. The van der Waals surface area contributed by atoms with Crippen LogP contribution in [0.15, 0.2) is 0 Å². The Labute approximate surface area is 166 Å². The summed E-state index contributed by atoms with van der Waals surface area (Å²) in [6.07, 6.45) is -0.458. The van der Waals surface area contributed by atoms with Crippen molar-refractivity contribution in [3.05, 3.63) is 0 Å². The molecule has 164 valence electrons. The second-order valence-electron chi connectivity index (χ2n) is 7.34. The molecule has 0 heterocycles. The number of rotatable bonds is 13. The molecule has 28 heavy (non-hydrogen) atoms. The van der Waals surface area contributed by atoms with Crippen molar-refractivity contribution in [3.63, 3.8) is 0 Å². The molecule has 0 aliphatic carbocycles. The van der Waals surface area contributed by atoms with Crippen molar-refractivity contribution in [1.29, 1.82) is 0 Å². The number of carbonyl (C=O) groups excluding carboxylic acids is 3. The number of amides is 2. The van der Waals surface area contributed by atoms with Gasteiger partial charge in [0.1, 0.15) is 13.2 Å². The Balaban J connectivity index is 4.07. The van der Waals surface area contributed by atoms with Gasteiger partial charge in [-0.3, -0.25) is 13.8 Å². The van der Waals surface area contributed by atoms with Gasteiger partial charge in [0, 0.05) is 25.4 Å². The van der Waals surface area contributed by atoms with E-state index in [0.29, 0.717) is 0 Å². The molecule has 0 rings (SSSR count). The van der Waals surface area contributed by atoms with Crippen LogP contribution in [-0.2, 0) is 33.4 Å². The summed E-state index contributed by atoms with van der Waals surface area (Å²) < 4.78 is 38.4. The number of esters is 1. The molecule has 0 aliphatic heterocycles. The zero-order valence-electron chi connectivity index (χ0n) is 17.2. The average Bonchev–Trinajstić information content (AvgIpc) is 2.59. The average molecular weight is 425 g/mol. The monoisotopic (exact) mass is 424 g/mol. The SMILES string of the molecule is CC(=O)NCCCS(=O)(=O)OCC(C)(C)CNC(=O)OCCOC(=O)C(C)C. The van der Waals surface area contributed by atoms with E-state index in [1.165, 1.54) is 6.92 Å². The van der Waals surface area contributed by atoms with Crippen molar-refractivity contribution in [1.82, 2.24) is 10.6 Å². The number of alkyl carbamates (subject to hydrolysis) is 1. The van der Waals surface area contributed by atoms with Gasteiger partial charge in [-0.05, 0) is 6.42 Å². The molecular weight excluding hydrogens is 392 g/mol. The molecule has 0 fully saturated rings. The van der Waals surface area contributed by atoms with Gasteiger partial charge in [0.05, 0.1) is 18.3 Å². The first-order valence-electron chi connectivity index (χ1n) is 9.03. The normalized spacial score (nSPS) is 11.8. The molecule has 0 atom stereocenters. The predicted octanol–water partition coefficient (Wildman–Crippen LogP) is 0.811. The van der Waals surface area contributed by atoms with Crippen LogP contribution in [0, 0.1) is 11.3 Å². The fraction of sp³-hybridized carbons (Fsp3) is 0.824. The molecule has 10 nitrogen and oxygen atoms in total. The molecule has 0 spiro atoms. The van der Waals surface area contributed by atoms with Crippen molar-refractivity contribution >= 4 is 28.1 Å². The summed E-state index contributed by atoms with van der Waals surface area (Å²) in [4.78, 5) is 33.6. The van der Waals surface area contributed by atoms with E-state index in [1.807, 2.05) is 0 Å². The molecule has 11 heteroatoms. The molecule has 0 saturated heterocycles. The predicted molar refractivity (Wildman–Crippen MR) is 102 cm³/mol. The third-order valence-electron chi connectivity index (χ3n) is 3.32. The Bertz CT molecular complexity index is 617. The topological polar surface area (TPSA) is 137 Å². The van der Waals surface area contributed by atoms with E-state index >= 15 is 0 Å². The van der Waals surface area contributed by atoms with E-state index in [9.17, 15) is 22.8 Å². The van der Waals surface area contributed by atoms with Crippen LogP contribution in [0.2, 0.25) is 0 Å². The quantitative estimate of drug-likeness (QED) is 0.252. The minimum Gasteiger partial charge on any atom is -0.462 e. The molecule has 0 aromatic carbocycles. The zero-order chi connectivity index (χ0) is 21.8. The third-order valence-corrected chi connectivity index (χ3v) is 4.58. The van der Waals surface area contributed by atoms with Gasteiger partial charge >= 0.3 is 12.1 Å². The Hall–Kier alpha value is -1.88. The van der Waals surface area contributed by atoms with Crippen molar-refractivity contribution in [2.75, 3.05) is 38.7 Å². The number of hydrogen-bond acceptors (Lipinski definition) is 8. The molecule has 0 aromatic rings. The minimum atomic E-state index is -3.73. The lowest BCUT2D eigenvalue weighted by Gasteiger charge is -2.24. The van der Waals surface area contributed by atoms with Crippen molar-refractivity contribution in [2.24, 2.45) is 11.3 Å². The zero-order valence-corrected chi connectivity index (χ0v) is 18.0. The van der Waals surface area contributed by atoms with Gasteiger partial charge in [0.25, 0.3) is 10.1 Å². The molecule has 2 N–H and O–H groups in total. The maximum Gasteiger partial charge on any atom is 0.407 e. The van der Waals surface area contributed by atoms with Crippen molar-refractivity contribution in [3.8, 4) is 0 Å². The van der Waals surface area contributed by atoms with Crippen LogP contribution < -0.4 is 10.6 Å². The summed E-state index contributed by atoms with van der Waals surface area (Å²) in [7, 11) is -3.73. The smallest absolute Gasteiger partial charge is 0.407 e. The summed E-state index contributed by atoms with van der Waals surface area (Å²) in [6, 6.07) is 0. The number of ether oxygens (including phenoxy) is 2. The van der Waals surface area contributed by atoms with E-state index in [2.05, 4.69) is 10.6 Å². The largest absolute Gasteiger partial charge is 0.462 e. The first kappa shape index (κ1) is 26.1. The van der Waals surface area contributed by atoms with Crippen LogP contribution in [0.3, 0.4) is 0 Å². The van der Waals surface area contributed by atoms with E-state index in [-0.39, 0.29) is 62.9 Å². The van der Waals surface area contributed by atoms with Crippen LogP contribution in [0.25, 0.3) is 0 Å². The van der Waals surface area contributed by atoms with Gasteiger partial charge in [-0.1, -0.05) is 27.7 Å². The summed E-state index contributed by atoms with van der Waals surface area (Å²) in [5, 5.41) is 5.02. The van der Waals surface area contributed by atoms with Gasteiger partial charge < -0.3 is 20.1 Å². The highest BCUT2D eigenvalue weighted by Gasteiger charge is 2.23. The molecule has 0 bridgehead atoms. The Kier molecular flexibility index (Phi) is 11.7. The summed E-state index contributed by atoms with van der Waals surface area (Å²) in [6.45, 7) is 8.34. The highest BCUT2D eigenvalue weighted by Crippen LogP contribution is 2.16. The molecule has 0 unspecified atom stereocenters. The fourth-order valence-corrected chi connectivity index (χ4v) is 2.79. The van der Waals surface area contributed by atoms with E-state index in [1.54, 1.807) is 27.7 Å². The van der Waals surface area contributed by atoms with Crippen LogP contribution >= 0.6 is 0 Å². The summed E-state index contributed by atoms with van der Waals surface area (Å²) in [5.74, 6) is -1.07. The summed E-state index contributed by atoms with van der Waals surface area (Å²) >= 11 is 0. The summed E-state index contributed by atoms with van der Waals surface area (Å²) in [5.41, 5.74) is -0.659. The number of carbonyl (C=O) groups is 3. The first-order chi connectivity index (χ1) is 12.8. The Morgan fingerprint density at radius 1 is 1.04 bits per heavy atom. The molecular formula is C17H32N2O8S. The van der Waals surface area contributed by atoms with Gasteiger partial charge in [-0.25, -0.2) is 4.79 Å². The van der Waals surface area contributed by atoms with E-state index in [4.69, 9.17) is 13.7 Å². The second-order valence-corrected chi connectivity index (χ2v) is 9.10. The van der Waals surface area contributed by atoms with Crippen molar-refractivity contribution in [2.45, 2.75) is 41.0 Å². The van der Waals surface area contributed by atoms with E-state index < -0.39 is 21.6 Å². The Morgan fingerprint density at radius 3 is 2.21 bits per heavy atom. The van der Waals surface area contributed by atoms with Crippen LogP contribution in [0.5, 0.6) is 0 Å². The molecule has 0 aliphatic rings. The number of nitrogens with one attached hydrogen (secondary N) is 2. The minimum absolute atomic E-state index is 0.0341. The van der Waals surface area contributed by atoms with Crippen LogP contribution in [0.4, 0.5) is 4.79 Å². The molecule has 2 amide bonds. The first-order valence-corrected chi connectivity index (χ1v) is 10.6. The molecule has 0 saturated carbocycles. The lowest BCUT2D eigenvalue weighted by Crippen LogP contribution is -2.38. The van der Waals surface area contributed by atoms with Crippen LogP contribution in [-0.4, -0.2) is 65.1 Å². The van der Waals surface area contributed by atoms with Gasteiger partial charge in [-0.15, -0.1) is 0 Å². The van der Waals surface area contributed by atoms with E-state index in [0.717, 1.165) is 0 Å². The van der Waals surface area contributed by atoms with Crippen LogP contribution in [0.1, 0.15) is 41.0 Å². The highest BCUT2D eigenvalue weighted by atomic mass is 32.2. The highest BCUT2D eigenvalue weighted by molar-refractivity contribution is 7.86. The van der Waals surface area contributed by atoms with Gasteiger partial charge in [0.15, 0.2) is 0 Å². The molecule has 0 aromatic heterocycles. The number of hydrogen-bond donors (Lipinski definition) is 2. The maximum atomic E-state index is 11.8. The van der Waals surface area contributed by atoms with Gasteiger partial charge in [0.2, 0.25) is 5.91 Å². The molecule has 0 radical (unpaired) electrons. The maximum absolute atomic E-state index is 11.8. The fourth-order valence-electron chi connectivity index (χ4n) is 1.68. The second kappa shape index (κ2) is 12.6. The lowest BCUT2D eigenvalue weighted by atomic mass is 9.95. The standard InChI is InChI=1S/C17H32N2O8S/c1-13(2)15(21)25-8-9-26-16(22)19-11-17(4,5)12-27-28(23,24)10-6-7-18-14(3)20/h13H,6-12H2,1-5H3,(H,18,20)(H,19,22).